The summed E-state index contributed by atoms with van der Waals surface area (Å²) in [7, 11) is 0. The van der Waals surface area contributed by atoms with E-state index >= 15 is 0 Å². The molecular formula is C15H19BrN2O3. The molecular weight excluding hydrogens is 336 g/mol. The van der Waals surface area contributed by atoms with Gasteiger partial charge >= 0.3 is 0 Å². The highest BCUT2D eigenvalue weighted by Crippen LogP contribution is 2.39. The van der Waals surface area contributed by atoms with Crippen molar-refractivity contribution in [3.8, 4) is 5.75 Å². The normalized spacial score (nSPS) is 24.0. The van der Waals surface area contributed by atoms with Gasteiger partial charge in [0.25, 0.3) is 0 Å². The van der Waals surface area contributed by atoms with Crippen molar-refractivity contribution in [1.82, 2.24) is 5.32 Å². The number of carbonyl (C=O) groups excluding carboxylic acids is 1. The Morgan fingerprint density at radius 2 is 2.38 bits per heavy atom. The zero-order valence-electron chi connectivity index (χ0n) is 11.9. The molecule has 0 spiro atoms. The number of amides is 1. The zero-order chi connectivity index (χ0) is 14.8. The second-order valence-corrected chi connectivity index (χ2v) is 6.20. The molecule has 0 saturated carbocycles. The highest BCUT2D eigenvalue weighted by atomic mass is 79.9. The van der Waals surface area contributed by atoms with E-state index in [-0.39, 0.29) is 18.1 Å². The lowest BCUT2D eigenvalue weighted by Crippen LogP contribution is -2.28. The number of halogens is 1. The number of fused-ring (bicyclic) bond motifs is 1. The third-order valence-corrected chi connectivity index (χ3v) is 4.33. The lowest BCUT2D eigenvalue weighted by atomic mass is 10.1. The molecule has 2 heterocycles. The average Bonchev–Trinajstić information content (AvgIpc) is 3.05. The molecule has 1 aromatic carbocycles. The number of anilines is 1. The van der Waals surface area contributed by atoms with E-state index in [1.165, 1.54) is 0 Å². The summed E-state index contributed by atoms with van der Waals surface area (Å²) in [6, 6.07) is 3.58. The van der Waals surface area contributed by atoms with Gasteiger partial charge in [-0.3, -0.25) is 4.79 Å². The van der Waals surface area contributed by atoms with Crippen LogP contribution in [0.5, 0.6) is 5.75 Å². The van der Waals surface area contributed by atoms with E-state index in [1.54, 1.807) is 0 Å². The molecule has 1 saturated heterocycles. The molecule has 0 radical (unpaired) electrons. The van der Waals surface area contributed by atoms with Crippen LogP contribution in [0, 0.1) is 0 Å². The van der Waals surface area contributed by atoms with Crippen LogP contribution in [0.3, 0.4) is 0 Å². The SMILES string of the molecule is CCCNC1C(=O)Nc2cc(OC3CCOC3)c(Br)cc21. The Hall–Kier alpha value is -1.11. The number of hydrogen-bond donors (Lipinski definition) is 2. The second-order valence-electron chi connectivity index (χ2n) is 5.35. The summed E-state index contributed by atoms with van der Waals surface area (Å²) in [6.07, 6.45) is 1.98. The summed E-state index contributed by atoms with van der Waals surface area (Å²) in [5.74, 6) is 0.743. The number of rotatable bonds is 5. The molecule has 6 heteroatoms. The minimum Gasteiger partial charge on any atom is -0.487 e. The van der Waals surface area contributed by atoms with Crippen LogP contribution in [0.2, 0.25) is 0 Å². The molecule has 0 aromatic heterocycles. The van der Waals surface area contributed by atoms with Crippen molar-refractivity contribution in [2.24, 2.45) is 0 Å². The monoisotopic (exact) mass is 354 g/mol. The van der Waals surface area contributed by atoms with Crippen molar-refractivity contribution < 1.29 is 14.3 Å². The molecule has 114 valence electrons. The standard InChI is InChI=1S/C15H19BrN2O3/c1-2-4-17-14-10-6-11(16)13(7-12(10)18-15(14)19)21-9-3-5-20-8-9/h6-7,9,14,17H,2-5,8H2,1H3,(H,18,19). The summed E-state index contributed by atoms with van der Waals surface area (Å²) >= 11 is 3.54. The lowest BCUT2D eigenvalue weighted by Gasteiger charge is -2.15. The predicted molar refractivity (Wildman–Crippen MR) is 83.7 cm³/mol. The summed E-state index contributed by atoms with van der Waals surface area (Å²) in [6.45, 7) is 4.26. The number of benzene rings is 1. The first-order valence-corrected chi connectivity index (χ1v) is 8.10. The van der Waals surface area contributed by atoms with Gasteiger partial charge in [0.15, 0.2) is 0 Å². The van der Waals surface area contributed by atoms with Crippen molar-refractivity contribution in [1.29, 1.82) is 0 Å². The predicted octanol–water partition coefficient (Wildman–Crippen LogP) is 2.61. The maximum Gasteiger partial charge on any atom is 0.246 e. The van der Waals surface area contributed by atoms with Crippen LogP contribution in [-0.2, 0) is 9.53 Å². The highest BCUT2D eigenvalue weighted by molar-refractivity contribution is 9.10. The molecule has 0 aliphatic carbocycles. The maximum absolute atomic E-state index is 12.1. The van der Waals surface area contributed by atoms with E-state index in [0.717, 1.165) is 47.5 Å². The van der Waals surface area contributed by atoms with E-state index in [1.807, 2.05) is 12.1 Å². The second kappa shape index (κ2) is 6.34. The highest BCUT2D eigenvalue weighted by Gasteiger charge is 2.31. The molecule has 2 atom stereocenters. The van der Waals surface area contributed by atoms with E-state index < -0.39 is 0 Å². The molecule has 1 fully saturated rings. The molecule has 2 aliphatic heterocycles. The third-order valence-electron chi connectivity index (χ3n) is 3.72. The number of hydrogen-bond acceptors (Lipinski definition) is 4. The van der Waals surface area contributed by atoms with Gasteiger partial charge in [-0.25, -0.2) is 0 Å². The van der Waals surface area contributed by atoms with Crippen LogP contribution < -0.4 is 15.4 Å². The summed E-state index contributed by atoms with van der Waals surface area (Å²) in [4.78, 5) is 12.1. The molecule has 0 bridgehead atoms. The van der Waals surface area contributed by atoms with Gasteiger partial charge < -0.3 is 20.1 Å². The molecule has 3 rings (SSSR count). The van der Waals surface area contributed by atoms with Crippen LogP contribution >= 0.6 is 15.9 Å². The van der Waals surface area contributed by atoms with Gasteiger partial charge in [0, 0.05) is 23.7 Å². The maximum atomic E-state index is 12.1. The fourth-order valence-corrected chi connectivity index (χ4v) is 3.08. The van der Waals surface area contributed by atoms with Crippen molar-refractivity contribution >= 4 is 27.5 Å². The van der Waals surface area contributed by atoms with E-state index in [2.05, 4.69) is 33.5 Å². The minimum absolute atomic E-state index is 0.00769. The van der Waals surface area contributed by atoms with Gasteiger partial charge in [0.2, 0.25) is 5.91 Å². The number of ether oxygens (including phenoxy) is 2. The number of nitrogens with one attached hydrogen (secondary N) is 2. The molecule has 1 amide bonds. The molecule has 2 N–H and O–H groups in total. The Balaban J connectivity index is 1.81. The molecule has 1 aromatic rings. The van der Waals surface area contributed by atoms with E-state index in [0.29, 0.717) is 6.61 Å². The Kier molecular flexibility index (Phi) is 4.47. The Bertz CT molecular complexity index is 544. The molecule has 2 aliphatic rings. The van der Waals surface area contributed by atoms with E-state index in [4.69, 9.17) is 9.47 Å². The summed E-state index contributed by atoms with van der Waals surface area (Å²) < 4.78 is 12.1. The first-order valence-electron chi connectivity index (χ1n) is 7.31. The lowest BCUT2D eigenvalue weighted by molar-refractivity contribution is -0.117. The largest absolute Gasteiger partial charge is 0.487 e. The first-order chi connectivity index (χ1) is 10.2. The van der Waals surface area contributed by atoms with Gasteiger partial charge in [0.05, 0.1) is 17.7 Å². The van der Waals surface area contributed by atoms with Crippen LogP contribution in [-0.4, -0.2) is 31.8 Å². The van der Waals surface area contributed by atoms with Crippen molar-refractivity contribution in [2.45, 2.75) is 31.9 Å². The van der Waals surface area contributed by atoms with Gasteiger partial charge in [-0.2, -0.15) is 0 Å². The Morgan fingerprint density at radius 1 is 1.52 bits per heavy atom. The fourth-order valence-electron chi connectivity index (χ4n) is 2.63. The molecule has 21 heavy (non-hydrogen) atoms. The topological polar surface area (TPSA) is 59.6 Å². The van der Waals surface area contributed by atoms with E-state index in [9.17, 15) is 4.79 Å². The van der Waals surface area contributed by atoms with Crippen molar-refractivity contribution in [3.63, 3.8) is 0 Å². The molecule has 5 nitrogen and oxygen atoms in total. The fraction of sp³-hybridized carbons (Fsp3) is 0.533. The summed E-state index contributed by atoms with van der Waals surface area (Å²) in [5, 5.41) is 6.18. The van der Waals surface area contributed by atoms with Crippen LogP contribution in [0.25, 0.3) is 0 Å². The smallest absolute Gasteiger partial charge is 0.246 e. The Labute approximate surface area is 132 Å². The number of carbonyl (C=O) groups is 1. The first kappa shape index (κ1) is 14.8. The van der Waals surface area contributed by atoms with Gasteiger partial charge in [0.1, 0.15) is 17.9 Å². The van der Waals surface area contributed by atoms with Gasteiger partial charge in [-0.1, -0.05) is 6.92 Å². The summed E-state index contributed by atoms with van der Waals surface area (Å²) in [5.41, 5.74) is 1.79. The van der Waals surface area contributed by atoms with Gasteiger partial charge in [-0.15, -0.1) is 0 Å². The third kappa shape index (κ3) is 3.07. The van der Waals surface area contributed by atoms with Gasteiger partial charge in [-0.05, 0) is 35.0 Å². The van der Waals surface area contributed by atoms with Crippen molar-refractivity contribution in [3.05, 3.63) is 22.2 Å². The average molecular weight is 355 g/mol. The van der Waals surface area contributed by atoms with Crippen LogP contribution in [0.15, 0.2) is 16.6 Å². The van der Waals surface area contributed by atoms with Crippen LogP contribution in [0.4, 0.5) is 5.69 Å². The minimum atomic E-state index is -0.278. The molecule has 2 unspecified atom stereocenters. The van der Waals surface area contributed by atoms with Crippen LogP contribution in [0.1, 0.15) is 31.4 Å². The Morgan fingerprint density at radius 3 is 3.10 bits per heavy atom. The zero-order valence-corrected chi connectivity index (χ0v) is 13.5. The van der Waals surface area contributed by atoms with Crippen molar-refractivity contribution in [2.75, 3.05) is 25.1 Å². The quantitative estimate of drug-likeness (QED) is 0.853.